The summed E-state index contributed by atoms with van der Waals surface area (Å²) in [4.78, 5) is 20.7. The molecule has 0 saturated carbocycles. The Hall–Kier alpha value is -2.97. The van der Waals surface area contributed by atoms with Crippen molar-refractivity contribution in [2.45, 2.75) is 72.6 Å². The maximum atomic E-state index is 12.6. The molecule has 7 heteroatoms. The van der Waals surface area contributed by atoms with E-state index < -0.39 is 0 Å². The second-order valence-corrected chi connectivity index (χ2v) is 12.0. The van der Waals surface area contributed by atoms with Gasteiger partial charge in [0.15, 0.2) is 0 Å². The number of hydrogen-bond acceptors (Lipinski definition) is 6. The lowest BCUT2D eigenvalue weighted by atomic mass is 9.95. The highest BCUT2D eigenvalue weighted by Gasteiger charge is 2.23. The van der Waals surface area contributed by atoms with Crippen LogP contribution in [0.25, 0.3) is 11.1 Å². The number of benzene rings is 2. The third kappa shape index (κ3) is 7.51. The number of rotatable bonds is 10. The van der Waals surface area contributed by atoms with Crippen LogP contribution in [-0.4, -0.2) is 61.9 Å². The Kier molecular flexibility index (Phi) is 10.5. The van der Waals surface area contributed by atoms with Crippen LogP contribution in [0.1, 0.15) is 59.7 Å². The number of H-pyrrole nitrogens is 1. The Bertz CT molecular complexity index is 1370. The lowest BCUT2D eigenvalue weighted by molar-refractivity contribution is 0.0846. The van der Waals surface area contributed by atoms with Crippen LogP contribution in [-0.2, 0) is 24.4 Å². The number of nitrogens with one attached hydrogen (secondary N) is 3. The molecule has 1 aromatic heterocycles. The van der Waals surface area contributed by atoms with Gasteiger partial charge in [-0.2, -0.15) is 0 Å². The summed E-state index contributed by atoms with van der Waals surface area (Å²) >= 11 is 0. The first-order chi connectivity index (χ1) is 20.4. The van der Waals surface area contributed by atoms with E-state index in [1.807, 2.05) is 19.9 Å². The van der Waals surface area contributed by atoms with Crippen LogP contribution in [0.15, 0.2) is 47.3 Å². The van der Waals surface area contributed by atoms with Gasteiger partial charge in [0.25, 0.3) is 5.56 Å². The van der Waals surface area contributed by atoms with Gasteiger partial charge < -0.3 is 25.3 Å². The van der Waals surface area contributed by atoms with Gasteiger partial charge in [0.2, 0.25) is 0 Å². The molecule has 0 spiro atoms. The Morgan fingerprint density at radius 3 is 2.50 bits per heavy atom. The Labute approximate surface area is 251 Å². The van der Waals surface area contributed by atoms with E-state index in [-0.39, 0.29) is 5.56 Å². The third-order valence-corrected chi connectivity index (χ3v) is 9.01. The average Bonchev–Trinajstić information content (AvgIpc) is 3.26. The number of pyridine rings is 1. The van der Waals surface area contributed by atoms with Gasteiger partial charge in [-0.15, -0.1) is 0 Å². The SMILES string of the molecule is CCN(c1cc(-c2ccc(CN3CCCNCC3)cc2)cc(CNCc2c(C)cc(C)[nH]c2=O)c1C)C1CCOCC1. The largest absolute Gasteiger partial charge is 0.381 e. The standard InChI is InChI=1S/C35H49N5O2/c1-5-40(32-11-17-42-18-12-32)34-21-30(29-9-7-28(8-10-29)24-39-15-6-13-36-14-16-39)20-31(27(34)4)22-37-23-33-25(2)19-26(3)38-35(33)41/h7-10,19-21,32,36-37H,5-6,11-18,22-24H2,1-4H3,(H,38,41). The molecule has 5 rings (SSSR count). The minimum Gasteiger partial charge on any atom is -0.381 e. The van der Waals surface area contributed by atoms with E-state index in [2.05, 4.69) is 75.7 Å². The Morgan fingerprint density at radius 1 is 0.976 bits per heavy atom. The quantitative estimate of drug-likeness (QED) is 0.316. The Balaban J connectivity index is 1.41. The third-order valence-electron chi connectivity index (χ3n) is 9.01. The Morgan fingerprint density at radius 2 is 1.76 bits per heavy atom. The number of aromatic amines is 1. The lowest BCUT2D eigenvalue weighted by Gasteiger charge is -2.37. The maximum absolute atomic E-state index is 12.6. The molecule has 0 amide bonds. The van der Waals surface area contributed by atoms with Gasteiger partial charge in [-0.3, -0.25) is 9.69 Å². The molecule has 2 fully saturated rings. The zero-order valence-electron chi connectivity index (χ0n) is 26.0. The summed E-state index contributed by atoms with van der Waals surface area (Å²) in [6, 6.07) is 16.4. The molecular weight excluding hydrogens is 522 g/mol. The zero-order valence-corrected chi connectivity index (χ0v) is 26.0. The maximum Gasteiger partial charge on any atom is 0.252 e. The fourth-order valence-corrected chi connectivity index (χ4v) is 6.57. The predicted octanol–water partition coefficient (Wildman–Crippen LogP) is 5.06. The highest BCUT2D eigenvalue weighted by molar-refractivity contribution is 5.73. The molecule has 0 unspecified atom stereocenters. The number of nitrogens with zero attached hydrogens (tertiary/aromatic N) is 2. The van der Waals surface area contributed by atoms with E-state index in [1.165, 1.54) is 39.9 Å². The van der Waals surface area contributed by atoms with E-state index in [1.54, 1.807) is 0 Å². The molecule has 7 nitrogen and oxygen atoms in total. The van der Waals surface area contributed by atoms with Gasteiger partial charge in [0, 0.05) is 75.5 Å². The summed E-state index contributed by atoms with van der Waals surface area (Å²) in [5.74, 6) is 0. The van der Waals surface area contributed by atoms with Crippen molar-refractivity contribution < 1.29 is 4.74 Å². The van der Waals surface area contributed by atoms with E-state index in [0.29, 0.717) is 19.1 Å². The molecule has 2 aliphatic rings. The first-order valence-corrected chi connectivity index (χ1v) is 15.8. The molecule has 0 aliphatic carbocycles. The second kappa shape index (κ2) is 14.5. The first kappa shape index (κ1) is 30.5. The van der Waals surface area contributed by atoms with Gasteiger partial charge in [0.05, 0.1) is 0 Å². The van der Waals surface area contributed by atoms with Gasteiger partial charge in [-0.05, 0) is 112 Å². The number of ether oxygens (including phenoxy) is 1. The molecule has 3 aromatic rings. The van der Waals surface area contributed by atoms with Crippen molar-refractivity contribution in [2.75, 3.05) is 50.8 Å². The number of aromatic nitrogens is 1. The van der Waals surface area contributed by atoms with Crippen molar-refractivity contribution in [3.8, 4) is 11.1 Å². The summed E-state index contributed by atoms with van der Waals surface area (Å²) in [7, 11) is 0. The summed E-state index contributed by atoms with van der Waals surface area (Å²) < 4.78 is 5.70. The van der Waals surface area contributed by atoms with Crippen molar-refractivity contribution in [1.82, 2.24) is 20.5 Å². The fourth-order valence-electron chi connectivity index (χ4n) is 6.57. The summed E-state index contributed by atoms with van der Waals surface area (Å²) in [6.45, 7) is 17.8. The van der Waals surface area contributed by atoms with Gasteiger partial charge in [-0.25, -0.2) is 0 Å². The minimum absolute atomic E-state index is 0.000587. The smallest absolute Gasteiger partial charge is 0.252 e. The average molecular weight is 572 g/mol. The highest BCUT2D eigenvalue weighted by Crippen LogP contribution is 2.34. The molecule has 2 saturated heterocycles. The lowest BCUT2D eigenvalue weighted by Crippen LogP contribution is -2.40. The molecule has 2 aromatic carbocycles. The number of hydrogen-bond donors (Lipinski definition) is 3. The summed E-state index contributed by atoms with van der Waals surface area (Å²) in [5, 5.41) is 7.10. The van der Waals surface area contributed by atoms with E-state index >= 15 is 0 Å². The van der Waals surface area contributed by atoms with E-state index in [9.17, 15) is 4.79 Å². The van der Waals surface area contributed by atoms with Crippen LogP contribution in [0.2, 0.25) is 0 Å². The van der Waals surface area contributed by atoms with Crippen molar-refractivity contribution >= 4 is 5.69 Å². The normalized spacial score (nSPS) is 16.9. The molecule has 42 heavy (non-hydrogen) atoms. The monoisotopic (exact) mass is 571 g/mol. The van der Waals surface area contributed by atoms with Crippen LogP contribution in [0, 0.1) is 20.8 Å². The molecule has 226 valence electrons. The zero-order chi connectivity index (χ0) is 29.5. The minimum atomic E-state index is -0.000587. The van der Waals surface area contributed by atoms with Crippen LogP contribution in [0.3, 0.4) is 0 Å². The molecule has 0 bridgehead atoms. The van der Waals surface area contributed by atoms with Gasteiger partial charge in [0.1, 0.15) is 0 Å². The first-order valence-electron chi connectivity index (χ1n) is 15.8. The van der Waals surface area contributed by atoms with Crippen LogP contribution in [0.5, 0.6) is 0 Å². The molecule has 2 aliphatic heterocycles. The van der Waals surface area contributed by atoms with Crippen molar-refractivity contribution in [2.24, 2.45) is 0 Å². The summed E-state index contributed by atoms with van der Waals surface area (Å²) in [5.41, 5.74) is 10.5. The topological polar surface area (TPSA) is 72.6 Å². The molecular formula is C35H49N5O2. The molecule has 3 heterocycles. The molecule has 3 N–H and O–H groups in total. The van der Waals surface area contributed by atoms with E-state index in [0.717, 1.165) is 82.1 Å². The van der Waals surface area contributed by atoms with Crippen LogP contribution >= 0.6 is 0 Å². The second-order valence-electron chi connectivity index (χ2n) is 12.0. The van der Waals surface area contributed by atoms with Gasteiger partial charge in [-0.1, -0.05) is 24.3 Å². The number of anilines is 1. The predicted molar refractivity (Wildman–Crippen MR) is 173 cm³/mol. The highest BCUT2D eigenvalue weighted by atomic mass is 16.5. The molecule has 0 atom stereocenters. The van der Waals surface area contributed by atoms with Crippen LogP contribution in [0.4, 0.5) is 5.69 Å². The van der Waals surface area contributed by atoms with E-state index in [4.69, 9.17) is 4.74 Å². The van der Waals surface area contributed by atoms with Crippen molar-refractivity contribution in [3.63, 3.8) is 0 Å². The van der Waals surface area contributed by atoms with Crippen molar-refractivity contribution in [3.05, 3.63) is 86.3 Å². The number of aryl methyl sites for hydroxylation is 2. The van der Waals surface area contributed by atoms with Gasteiger partial charge >= 0.3 is 0 Å². The van der Waals surface area contributed by atoms with Crippen molar-refractivity contribution in [1.29, 1.82) is 0 Å². The fraction of sp³-hybridized carbons (Fsp3) is 0.514. The van der Waals surface area contributed by atoms with Crippen LogP contribution < -0.4 is 21.1 Å². The summed E-state index contributed by atoms with van der Waals surface area (Å²) in [6.07, 6.45) is 3.32. The molecule has 0 radical (unpaired) electrons.